The highest BCUT2D eigenvalue weighted by molar-refractivity contribution is 5.94. The van der Waals surface area contributed by atoms with Crippen molar-refractivity contribution < 1.29 is 9.53 Å². The van der Waals surface area contributed by atoms with Crippen molar-refractivity contribution >= 4 is 5.91 Å². The van der Waals surface area contributed by atoms with Gasteiger partial charge in [-0.15, -0.1) is 0 Å². The maximum Gasteiger partial charge on any atom is 0.251 e. The summed E-state index contributed by atoms with van der Waals surface area (Å²) in [5.74, 6) is 0.820. The smallest absolute Gasteiger partial charge is 0.251 e. The topological polar surface area (TPSA) is 38.3 Å². The first kappa shape index (κ1) is 17.5. The Morgan fingerprint density at radius 1 is 1.10 bits per heavy atom. The molecule has 0 aromatic heterocycles. The fraction of sp³-hybridized carbons (Fsp3) is 0.611. The Labute approximate surface area is 129 Å². The van der Waals surface area contributed by atoms with Crippen molar-refractivity contribution in [3.63, 3.8) is 0 Å². The molecule has 1 aromatic carbocycles. The second kappa shape index (κ2) is 10.3. The van der Waals surface area contributed by atoms with Gasteiger partial charge in [0, 0.05) is 11.6 Å². The second-order valence-electron chi connectivity index (χ2n) is 5.57. The van der Waals surface area contributed by atoms with Crippen LogP contribution >= 0.6 is 0 Å². The zero-order chi connectivity index (χ0) is 15.5. The van der Waals surface area contributed by atoms with Gasteiger partial charge >= 0.3 is 0 Å². The number of nitrogens with one attached hydrogen (secondary N) is 1. The molecule has 0 saturated heterocycles. The molecule has 0 aliphatic rings. The second-order valence-corrected chi connectivity index (χ2v) is 5.57. The van der Waals surface area contributed by atoms with Crippen molar-refractivity contribution in [2.45, 2.75) is 65.3 Å². The molecule has 1 N–H and O–H groups in total. The maximum atomic E-state index is 11.9. The zero-order valence-electron chi connectivity index (χ0n) is 13.7. The van der Waals surface area contributed by atoms with Crippen LogP contribution in [0.5, 0.6) is 5.75 Å². The first-order chi connectivity index (χ1) is 10.2. The fourth-order valence-corrected chi connectivity index (χ4v) is 2.01. The van der Waals surface area contributed by atoms with E-state index in [1.165, 1.54) is 25.7 Å². The number of benzene rings is 1. The predicted octanol–water partition coefficient (Wildman–Crippen LogP) is 4.56. The Morgan fingerprint density at radius 2 is 1.76 bits per heavy atom. The summed E-state index contributed by atoms with van der Waals surface area (Å²) in [5.41, 5.74) is 0.686. The van der Waals surface area contributed by atoms with E-state index in [0.29, 0.717) is 5.56 Å². The van der Waals surface area contributed by atoms with Gasteiger partial charge in [0.05, 0.1) is 6.61 Å². The number of hydrogen-bond acceptors (Lipinski definition) is 2. The largest absolute Gasteiger partial charge is 0.494 e. The molecule has 21 heavy (non-hydrogen) atoms. The van der Waals surface area contributed by atoms with Gasteiger partial charge < -0.3 is 10.1 Å². The van der Waals surface area contributed by atoms with Crippen molar-refractivity contribution in [3.05, 3.63) is 29.8 Å². The molecule has 0 bridgehead atoms. The molecule has 0 saturated carbocycles. The normalized spacial score (nSPS) is 12.0. The molecule has 1 rings (SSSR count). The van der Waals surface area contributed by atoms with Crippen molar-refractivity contribution in [2.24, 2.45) is 0 Å². The first-order valence-corrected chi connectivity index (χ1v) is 8.21. The summed E-state index contributed by atoms with van der Waals surface area (Å²) >= 11 is 0. The first-order valence-electron chi connectivity index (χ1n) is 8.21. The third-order valence-electron chi connectivity index (χ3n) is 3.62. The van der Waals surface area contributed by atoms with Crippen LogP contribution in [-0.4, -0.2) is 18.6 Å². The van der Waals surface area contributed by atoms with Gasteiger partial charge in [-0.2, -0.15) is 0 Å². The summed E-state index contributed by atoms with van der Waals surface area (Å²) in [5, 5.41) is 2.96. The van der Waals surface area contributed by atoms with E-state index in [4.69, 9.17) is 4.74 Å². The number of ether oxygens (including phenoxy) is 1. The maximum absolute atomic E-state index is 11.9. The standard InChI is InChI=1S/C18H29NO2/c1-4-6-7-8-9-14-21-17-12-10-16(11-13-17)18(20)19-15(3)5-2/h10-13,15H,4-9,14H2,1-3H3,(H,19,20). The molecule has 1 atom stereocenters. The minimum Gasteiger partial charge on any atom is -0.494 e. The molecule has 118 valence electrons. The summed E-state index contributed by atoms with van der Waals surface area (Å²) < 4.78 is 5.69. The molecule has 3 heteroatoms. The van der Waals surface area contributed by atoms with E-state index >= 15 is 0 Å². The van der Waals surface area contributed by atoms with Gasteiger partial charge in [-0.25, -0.2) is 0 Å². The molecule has 1 unspecified atom stereocenters. The van der Waals surface area contributed by atoms with E-state index in [1.807, 2.05) is 31.2 Å². The molecule has 0 fully saturated rings. The fourth-order valence-electron chi connectivity index (χ4n) is 2.01. The van der Waals surface area contributed by atoms with E-state index in [-0.39, 0.29) is 11.9 Å². The molecule has 0 aliphatic heterocycles. The van der Waals surface area contributed by atoms with Crippen LogP contribution in [0.15, 0.2) is 24.3 Å². The molecule has 0 heterocycles. The molecular formula is C18H29NO2. The average Bonchev–Trinajstić information content (AvgIpc) is 2.51. The van der Waals surface area contributed by atoms with Gasteiger partial charge in [0.25, 0.3) is 5.91 Å². The monoisotopic (exact) mass is 291 g/mol. The summed E-state index contributed by atoms with van der Waals surface area (Å²) in [6.45, 7) is 7.04. The summed E-state index contributed by atoms with van der Waals surface area (Å²) in [7, 11) is 0. The Kier molecular flexibility index (Phi) is 8.56. The number of unbranched alkanes of at least 4 members (excludes halogenated alkanes) is 4. The Hall–Kier alpha value is -1.51. The van der Waals surface area contributed by atoms with Gasteiger partial charge in [-0.05, 0) is 44.0 Å². The Bertz CT molecular complexity index is 400. The number of carbonyl (C=O) groups is 1. The highest BCUT2D eigenvalue weighted by atomic mass is 16.5. The SMILES string of the molecule is CCCCCCCOc1ccc(C(=O)NC(C)CC)cc1. The zero-order valence-corrected chi connectivity index (χ0v) is 13.7. The summed E-state index contributed by atoms with van der Waals surface area (Å²) in [4.78, 5) is 11.9. The van der Waals surface area contributed by atoms with Gasteiger partial charge in [0.15, 0.2) is 0 Å². The summed E-state index contributed by atoms with van der Waals surface area (Å²) in [6.07, 6.45) is 7.11. The lowest BCUT2D eigenvalue weighted by Crippen LogP contribution is -2.31. The molecule has 0 radical (unpaired) electrons. The van der Waals surface area contributed by atoms with Gasteiger partial charge in [-0.1, -0.05) is 39.5 Å². The van der Waals surface area contributed by atoms with Crippen LogP contribution in [0.1, 0.15) is 69.7 Å². The van der Waals surface area contributed by atoms with Crippen LogP contribution in [0.25, 0.3) is 0 Å². The van der Waals surface area contributed by atoms with E-state index in [1.54, 1.807) is 0 Å². The predicted molar refractivity (Wildman–Crippen MR) is 87.9 cm³/mol. The molecule has 1 amide bonds. The highest BCUT2D eigenvalue weighted by Crippen LogP contribution is 2.13. The van der Waals surface area contributed by atoms with Crippen molar-refractivity contribution in [1.82, 2.24) is 5.32 Å². The van der Waals surface area contributed by atoms with Crippen molar-refractivity contribution in [2.75, 3.05) is 6.61 Å². The van der Waals surface area contributed by atoms with E-state index in [0.717, 1.165) is 25.2 Å². The lowest BCUT2D eigenvalue weighted by molar-refractivity contribution is 0.0939. The van der Waals surface area contributed by atoms with Crippen LogP contribution in [-0.2, 0) is 0 Å². The van der Waals surface area contributed by atoms with Crippen LogP contribution < -0.4 is 10.1 Å². The van der Waals surface area contributed by atoms with Crippen LogP contribution in [0.4, 0.5) is 0 Å². The van der Waals surface area contributed by atoms with E-state index in [2.05, 4.69) is 19.2 Å². The molecule has 0 aliphatic carbocycles. The molecule has 0 spiro atoms. The Balaban J connectivity index is 2.31. The van der Waals surface area contributed by atoms with Crippen molar-refractivity contribution in [1.29, 1.82) is 0 Å². The van der Waals surface area contributed by atoms with Crippen LogP contribution in [0, 0.1) is 0 Å². The van der Waals surface area contributed by atoms with Gasteiger partial charge in [-0.3, -0.25) is 4.79 Å². The number of rotatable bonds is 10. The Morgan fingerprint density at radius 3 is 2.38 bits per heavy atom. The van der Waals surface area contributed by atoms with Crippen molar-refractivity contribution in [3.8, 4) is 5.75 Å². The lowest BCUT2D eigenvalue weighted by atomic mass is 10.1. The van der Waals surface area contributed by atoms with E-state index < -0.39 is 0 Å². The van der Waals surface area contributed by atoms with Crippen LogP contribution in [0.2, 0.25) is 0 Å². The number of amides is 1. The quantitative estimate of drug-likeness (QED) is 0.642. The minimum atomic E-state index is -0.0181. The van der Waals surface area contributed by atoms with Crippen LogP contribution in [0.3, 0.4) is 0 Å². The van der Waals surface area contributed by atoms with Gasteiger partial charge in [0.1, 0.15) is 5.75 Å². The number of hydrogen-bond donors (Lipinski definition) is 1. The summed E-state index contributed by atoms with van der Waals surface area (Å²) in [6, 6.07) is 7.60. The highest BCUT2D eigenvalue weighted by Gasteiger charge is 2.08. The lowest BCUT2D eigenvalue weighted by Gasteiger charge is -2.12. The average molecular weight is 291 g/mol. The minimum absolute atomic E-state index is 0.0181. The molecule has 1 aromatic rings. The van der Waals surface area contributed by atoms with Gasteiger partial charge in [0.2, 0.25) is 0 Å². The van der Waals surface area contributed by atoms with E-state index in [9.17, 15) is 4.79 Å². The number of carbonyl (C=O) groups excluding carboxylic acids is 1. The third-order valence-corrected chi connectivity index (χ3v) is 3.62. The molecular weight excluding hydrogens is 262 g/mol. The molecule has 3 nitrogen and oxygen atoms in total. The third kappa shape index (κ3) is 7.16.